The molecule has 0 aliphatic rings. The lowest BCUT2D eigenvalue weighted by atomic mass is 10.0. The number of aromatic nitrogens is 2. The van der Waals surface area contributed by atoms with Crippen LogP contribution in [0.4, 0.5) is 5.82 Å². The van der Waals surface area contributed by atoms with Crippen molar-refractivity contribution in [3.8, 4) is 11.3 Å². The highest BCUT2D eigenvalue weighted by Crippen LogP contribution is 2.26. The fraction of sp³-hybridized carbons (Fsp3) is 0.438. The molecule has 4 heteroatoms. The van der Waals surface area contributed by atoms with E-state index in [1.165, 1.54) is 10.2 Å². The Morgan fingerprint density at radius 3 is 2.40 bits per heavy atom. The summed E-state index contributed by atoms with van der Waals surface area (Å²) in [5, 5.41) is 0. The molecule has 20 heavy (non-hydrogen) atoms. The number of imidazole rings is 1. The first kappa shape index (κ1) is 14.4. The molecule has 0 fully saturated rings. The van der Waals surface area contributed by atoms with Crippen molar-refractivity contribution in [3.05, 3.63) is 35.7 Å². The quantitative estimate of drug-likeness (QED) is 0.822. The number of hydrogen-bond acceptors (Lipinski definition) is 3. The molecular weight excluding hydrogens is 248 g/mol. The van der Waals surface area contributed by atoms with Crippen LogP contribution in [0.15, 0.2) is 24.3 Å². The Bertz CT molecular complexity index is 567. The highest BCUT2D eigenvalue weighted by molar-refractivity contribution is 5.71. The van der Waals surface area contributed by atoms with Crippen LogP contribution in [0, 0.1) is 5.92 Å². The maximum absolute atomic E-state index is 6.06. The van der Waals surface area contributed by atoms with Crippen molar-refractivity contribution in [2.24, 2.45) is 5.92 Å². The van der Waals surface area contributed by atoms with Gasteiger partial charge in [-0.2, -0.15) is 0 Å². The van der Waals surface area contributed by atoms with Gasteiger partial charge in [0, 0.05) is 12.0 Å². The largest absolute Gasteiger partial charge is 0.382 e. The molecule has 4 N–H and O–H groups in total. The van der Waals surface area contributed by atoms with Crippen LogP contribution in [0.5, 0.6) is 0 Å². The summed E-state index contributed by atoms with van der Waals surface area (Å²) in [5.41, 5.74) is 9.21. The van der Waals surface area contributed by atoms with E-state index in [-0.39, 0.29) is 0 Å². The monoisotopic (exact) mass is 272 g/mol. The number of hydrogen-bond donors (Lipinski definition) is 2. The molecule has 2 rings (SSSR count). The van der Waals surface area contributed by atoms with Crippen molar-refractivity contribution in [1.82, 2.24) is 9.66 Å². The minimum absolute atomic E-state index is 0.532. The normalized spacial score (nSPS) is 11.2. The van der Waals surface area contributed by atoms with Crippen LogP contribution in [0.25, 0.3) is 11.3 Å². The van der Waals surface area contributed by atoms with Gasteiger partial charge in [-0.15, -0.1) is 0 Å². The van der Waals surface area contributed by atoms with Crippen LogP contribution in [-0.4, -0.2) is 9.66 Å². The average Bonchev–Trinajstić information content (AvgIpc) is 2.68. The van der Waals surface area contributed by atoms with Crippen LogP contribution >= 0.6 is 0 Å². The first-order chi connectivity index (χ1) is 9.52. The molecule has 0 saturated heterocycles. The van der Waals surface area contributed by atoms with Crippen LogP contribution < -0.4 is 11.6 Å². The van der Waals surface area contributed by atoms with E-state index in [2.05, 4.69) is 50.0 Å². The highest BCUT2D eigenvalue weighted by atomic mass is 15.4. The molecule has 0 aliphatic heterocycles. The van der Waals surface area contributed by atoms with Crippen molar-refractivity contribution in [1.29, 1.82) is 0 Å². The lowest BCUT2D eigenvalue weighted by Crippen LogP contribution is -2.15. The van der Waals surface area contributed by atoms with E-state index in [1.54, 1.807) is 0 Å². The standard InChI is InChI=1S/C16H24N4/c1-4-5-14-19-15(16(17)20(14)18)13-8-6-12(7-9-13)10-11(2)3/h6-9,11H,4-5,10,17-18H2,1-3H3. The molecule has 2 aromatic rings. The minimum atomic E-state index is 0.532. The second-order valence-electron chi connectivity index (χ2n) is 5.68. The summed E-state index contributed by atoms with van der Waals surface area (Å²) in [6.45, 7) is 6.54. The zero-order valence-corrected chi connectivity index (χ0v) is 12.6. The fourth-order valence-corrected chi connectivity index (χ4v) is 2.38. The first-order valence-electron chi connectivity index (χ1n) is 7.24. The summed E-state index contributed by atoms with van der Waals surface area (Å²) in [5.74, 6) is 7.98. The maximum atomic E-state index is 6.06. The molecule has 108 valence electrons. The third kappa shape index (κ3) is 2.95. The summed E-state index contributed by atoms with van der Waals surface area (Å²) in [6.07, 6.45) is 2.93. The Hall–Kier alpha value is -1.97. The predicted octanol–water partition coefficient (Wildman–Crippen LogP) is 3.00. The van der Waals surface area contributed by atoms with Gasteiger partial charge < -0.3 is 11.6 Å². The Balaban J connectivity index is 2.29. The SMILES string of the molecule is CCCc1nc(-c2ccc(CC(C)C)cc2)c(N)n1N. The molecule has 1 aromatic carbocycles. The van der Waals surface area contributed by atoms with Gasteiger partial charge in [-0.1, -0.05) is 45.0 Å². The van der Waals surface area contributed by atoms with Crippen LogP contribution in [0.3, 0.4) is 0 Å². The van der Waals surface area contributed by atoms with Gasteiger partial charge in [0.25, 0.3) is 0 Å². The minimum Gasteiger partial charge on any atom is -0.382 e. The Kier molecular flexibility index (Phi) is 4.32. The van der Waals surface area contributed by atoms with E-state index in [1.807, 2.05) is 0 Å². The Morgan fingerprint density at radius 2 is 1.85 bits per heavy atom. The van der Waals surface area contributed by atoms with Crippen molar-refractivity contribution in [2.45, 2.75) is 40.0 Å². The van der Waals surface area contributed by atoms with E-state index in [0.29, 0.717) is 11.7 Å². The summed E-state index contributed by atoms with van der Waals surface area (Å²) in [7, 11) is 0. The summed E-state index contributed by atoms with van der Waals surface area (Å²) in [4.78, 5) is 4.57. The van der Waals surface area contributed by atoms with Gasteiger partial charge in [0.05, 0.1) is 0 Å². The molecule has 0 aliphatic carbocycles. The number of aryl methyl sites for hydroxylation is 1. The molecule has 0 atom stereocenters. The summed E-state index contributed by atoms with van der Waals surface area (Å²) >= 11 is 0. The average molecular weight is 272 g/mol. The van der Waals surface area contributed by atoms with Crippen molar-refractivity contribution < 1.29 is 0 Å². The van der Waals surface area contributed by atoms with E-state index in [0.717, 1.165) is 36.3 Å². The molecule has 4 nitrogen and oxygen atoms in total. The Labute approximate surface area is 120 Å². The van der Waals surface area contributed by atoms with Crippen LogP contribution in [0.1, 0.15) is 38.6 Å². The Morgan fingerprint density at radius 1 is 1.20 bits per heavy atom. The van der Waals surface area contributed by atoms with Gasteiger partial charge >= 0.3 is 0 Å². The second-order valence-corrected chi connectivity index (χ2v) is 5.68. The molecule has 0 radical (unpaired) electrons. The number of nitrogens with zero attached hydrogens (tertiary/aromatic N) is 2. The molecule has 0 amide bonds. The zero-order chi connectivity index (χ0) is 14.7. The van der Waals surface area contributed by atoms with Crippen LogP contribution in [0.2, 0.25) is 0 Å². The van der Waals surface area contributed by atoms with E-state index < -0.39 is 0 Å². The number of nitrogens with two attached hydrogens (primary N) is 2. The molecule has 0 bridgehead atoms. The van der Waals surface area contributed by atoms with Gasteiger partial charge in [-0.25, -0.2) is 9.66 Å². The van der Waals surface area contributed by atoms with Crippen LogP contribution in [-0.2, 0) is 12.8 Å². The second kappa shape index (κ2) is 5.99. The first-order valence-corrected chi connectivity index (χ1v) is 7.24. The van der Waals surface area contributed by atoms with Crippen molar-refractivity contribution in [2.75, 3.05) is 11.6 Å². The lowest BCUT2D eigenvalue weighted by Gasteiger charge is -2.06. The smallest absolute Gasteiger partial charge is 0.150 e. The third-order valence-electron chi connectivity index (χ3n) is 3.37. The number of anilines is 1. The number of benzene rings is 1. The van der Waals surface area contributed by atoms with Gasteiger partial charge in [0.2, 0.25) is 0 Å². The predicted molar refractivity (Wildman–Crippen MR) is 84.8 cm³/mol. The number of rotatable bonds is 5. The topological polar surface area (TPSA) is 69.9 Å². The zero-order valence-electron chi connectivity index (χ0n) is 12.6. The molecule has 1 aromatic heterocycles. The van der Waals surface area contributed by atoms with Gasteiger partial charge in [-0.3, -0.25) is 0 Å². The summed E-state index contributed by atoms with van der Waals surface area (Å²) in [6, 6.07) is 8.44. The fourth-order valence-electron chi connectivity index (χ4n) is 2.38. The van der Waals surface area contributed by atoms with E-state index in [9.17, 15) is 0 Å². The molecule has 1 heterocycles. The molecule has 0 spiro atoms. The van der Waals surface area contributed by atoms with Gasteiger partial charge in [-0.05, 0) is 24.3 Å². The van der Waals surface area contributed by atoms with Crippen molar-refractivity contribution >= 4 is 5.82 Å². The highest BCUT2D eigenvalue weighted by Gasteiger charge is 2.13. The lowest BCUT2D eigenvalue weighted by molar-refractivity contribution is 0.647. The molecule has 0 unspecified atom stereocenters. The van der Waals surface area contributed by atoms with Crippen molar-refractivity contribution in [3.63, 3.8) is 0 Å². The van der Waals surface area contributed by atoms with E-state index in [4.69, 9.17) is 11.6 Å². The summed E-state index contributed by atoms with van der Waals surface area (Å²) < 4.78 is 1.50. The van der Waals surface area contributed by atoms with Gasteiger partial charge in [0.15, 0.2) is 5.82 Å². The molecule has 0 saturated carbocycles. The van der Waals surface area contributed by atoms with E-state index >= 15 is 0 Å². The molecular formula is C16H24N4. The maximum Gasteiger partial charge on any atom is 0.150 e. The third-order valence-corrected chi connectivity index (χ3v) is 3.37. The number of nitrogen functional groups attached to an aromatic ring is 2. The van der Waals surface area contributed by atoms with Gasteiger partial charge in [0.1, 0.15) is 11.5 Å².